The van der Waals surface area contributed by atoms with Crippen LogP contribution >= 0.6 is 11.6 Å². The second-order valence-electron chi connectivity index (χ2n) is 3.88. The van der Waals surface area contributed by atoms with E-state index in [0.29, 0.717) is 6.04 Å². The van der Waals surface area contributed by atoms with Gasteiger partial charge in [-0.15, -0.1) is 0 Å². The van der Waals surface area contributed by atoms with Crippen molar-refractivity contribution < 1.29 is 0 Å². The van der Waals surface area contributed by atoms with Gasteiger partial charge in [-0.3, -0.25) is 0 Å². The maximum absolute atomic E-state index is 6.10. The Morgan fingerprint density at radius 2 is 2.47 bits per heavy atom. The Hall–Kier alpha value is -1.06. The lowest BCUT2D eigenvalue weighted by molar-refractivity contribution is 0.602. The maximum atomic E-state index is 6.10. The van der Waals surface area contributed by atoms with Crippen LogP contribution in [0.4, 0.5) is 0 Å². The molecule has 3 nitrogen and oxygen atoms in total. The fraction of sp³-hybridized carbons (Fsp3) is 0.364. The highest BCUT2D eigenvalue weighted by Crippen LogP contribution is 2.25. The summed E-state index contributed by atoms with van der Waals surface area (Å²) >= 11 is 6.10. The molecule has 3 heterocycles. The molecule has 1 saturated heterocycles. The maximum Gasteiger partial charge on any atom is 0.130 e. The van der Waals surface area contributed by atoms with Crippen molar-refractivity contribution in [1.29, 1.82) is 0 Å². The molecule has 0 saturated carbocycles. The predicted molar refractivity (Wildman–Crippen MR) is 60.2 cm³/mol. The summed E-state index contributed by atoms with van der Waals surface area (Å²) in [4.78, 5) is 4.45. The third-order valence-electron chi connectivity index (χ3n) is 2.92. The van der Waals surface area contributed by atoms with E-state index in [1.54, 1.807) is 0 Å². The Morgan fingerprint density at radius 1 is 1.53 bits per heavy atom. The lowest BCUT2D eigenvalue weighted by atomic mass is 10.2. The van der Waals surface area contributed by atoms with Crippen LogP contribution in [0.1, 0.15) is 24.7 Å². The molecule has 4 heteroatoms. The van der Waals surface area contributed by atoms with E-state index < -0.39 is 0 Å². The van der Waals surface area contributed by atoms with Crippen molar-refractivity contribution >= 4 is 17.1 Å². The molecule has 1 aliphatic rings. The van der Waals surface area contributed by atoms with Crippen LogP contribution in [0, 0.1) is 0 Å². The van der Waals surface area contributed by atoms with Crippen molar-refractivity contribution in [2.45, 2.75) is 18.9 Å². The van der Waals surface area contributed by atoms with Gasteiger partial charge >= 0.3 is 0 Å². The quantitative estimate of drug-likeness (QED) is 0.802. The number of aromatic nitrogens is 2. The minimum atomic E-state index is 0.381. The minimum Gasteiger partial charge on any atom is -0.307 e. The molecular weight excluding hydrogens is 210 g/mol. The molecule has 1 atom stereocenters. The molecule has 3 rings (SSSR count). The number of rotatable bonds is 1. The molecule has 0 aliphatic carbocycles. The molecule has 0 aromatic carbocycles. The fourth-order valence-electron chi connectivity index (χ4n) is 2.17. The number of hydrogen-bond acceptors (Lipinski definition) is 2. The van der Waals surface area contributed by atoms with Crippen LogP contribution in [0.3, 0.4) is 0 Å². The van der Waals surface area contributed by atoms with E-state index in [4.69, 9.17) is 11.6 Å². The minimum absolute atomic E-state index is 0.381. The van der Waals surface area contributed by atoms with Gasteiger partial charge in [-0.1, -0.05) is 11.6 Å². The first-order chi connectivity index (χ1) is 7.36. The molecule has 78 valence electrons. The average molecular weight is 222 g/mol. The number of pyridine rings is 1. The Bertz CT molecular complexity index is 486. The van der Waals surface area contributed by atoms with Gasteiger partial charge in [-0.25, -0.2) is 4.98 Å². The normalized spacial score (nSPS) is 21.3. The lowest BCUT2D eigenvalue weighted by Gasteiger charge is -2.08. The standard InChI is InChI=1S/C11H12ClN3/c12-8-3-2-6-15-10(8)7-14-11(15)9-4-1-5-13-9/h2-3,6-7,9,13H,1,4-5H2. The zero-order valence-electron chi connectivity index (χ0n) is 8.28. The lowest BCUT2D eigenvalue weighted by Crippen LogP contribution is -2.15. The zero-order chi connectivity index (χ0) is 10.3. The number of nitrogens with zero attached hydrogens (tertiary/aromatic N) is 2. The van der Waals surface area contributed by atoms with E-state index >= 15 is 0 Å². The number of hydrogen-bond donors (Lipinski definition) is 1. The first-order valence-electron chi connectivity index (χ1n) is 5.21. The molecule has 1 fully saturated rings. The van der Waals surface area contributed by atoms with Crippen LogP contribution < -0.4 is 5.32 Å². The van der Waals surface area contributed by atoms with Crippen LogP contribution in [0.25, 0.3) is 5.52 Å². The Kier molecular flexibility index (Phi) is 2.15. The van der Waals surface area contributed by atoms with Crippen molar-refractivity contribution in [3.05, 3.63) is 35.4 Å². The molecule has 0 bridgehead atoms. The largest absolute Gasteiger partial charge is 0.307 e. The topological polar surface area (TPSA) is 29.3 Å². The predicted octanol–water partition coefficient (Wildman–Crippen LogP) is 2.41. The average Bonchev–Trinajstić information content (AvgIpc) is 2.85. The molecular formula is C11H12ClN3. The van der Waals surface area contributed by atoms with Crippen molar-refractivity contribution in [3.8, 4) is 0 Å². The highest BCUT2D eigenvalue weighted by atomic mass is 35.5. The Balaban J connectivity index is 2.15. The van der Waals surface area contributed by atoms with Crippen LogP contribution in [0.2, 0.25) is 5.02 Å². The zero-order valence-corrected chi connectivity index (χ0v) is 9.04. The summed E-state index contributed by atoms with van der Waals surface area (Å²) in [6, 6.07) is 4.23. The van der Waals surface area contributed by atoms with Crippen LogP contribution in [-0.4, -0.2) is 15.9 Å². The van der Waals surface area contributed by atoms with Crippen molar-refractivity contribution in [2.75, 3.05) is 6.54 Å². The molecule has 0 spiro atoms. The number of fused-ring (bicyclic) bond motifs is 1. The van der Waals surface area contributed by atoms with Crippen LogP contribution in [0.15, 0.2) is 24.5 Å². The monoisotopic (exact) mass is 221 g/mol. The highest BCUT2D eigenvalue weighted by Gasteiger charge is 2.20. The van der Waals surface area contributed by atoms with Gasteiger partial charge in [0.15, 0.2) is 0 Å². The second kappa shape index (κ2) is 3.51. The van der Waals surface area contributed by atoms with E-state index in [-0.39, 0.29) is 0 Å². The van der Waals surface area contributed by atoms with Gasteiger partial charge in [0.05, 0.1) is 22.8 Å². The van der Waals surface area contributed by atoms with Crippen LogP contribution in [0.5, 0.6) is 0 Å². The first kappa shape index (κ1) is 9.19. The third-order valence-corrected chi connectivity index (χ3v) is 3.24. The third kappa shape index (κ3) is 1.43. The van der Waals surface area contributed by atoms with Gasteiger partial charge in [-0.05, 0) is 31.5 Å². The van der Waals surface area contributed by atoms with Crippen molar-refractivity contribution in [1.82, 2.24) is 14.7 Å². The summed E-state index contributed by atoms with van der Waals surface area (Å²) in [5, 5.41) is 4.20. The van der Waals surface area contributed by atoms with Crippen molar-refractivity contribution in [2.24, 2.45) is 0 Å². The van der Waals surface area contributed by atoms with Gasteiger partial charge < -0.3 is 9.72 Å². The van der Waals surface area contributed by atoms with Gasteiger partial charge in [0.2, 0.25) is 0 Å². The summed E-state index contributed by atoms with van der Waals surface area (Å²) in [6.07, 6.45) is 6.24. The number of nitrogens with one attached hydrogen (secondary N) is 1. The summed E-state index contributed by atoms with van der Waals surface area (Å²) in [5.74, 6) is 1.07. The number of imidazole rings is 1. The fourth-order valence-corrected chi connectivity index (χ4v) is 2.38. The van der Waals surface area contributed by atoms with Gasteiger partial charge in [0.25, 0.3) is 0 Å². The van der Waals surface area contributed by atoms with Crippen LogP contribution in [-0.2, 0) is 0 Å². The molecule has 1 unspecified atom stereocenters. The summed E-state index contributed by atoms with van der Waals surface area (Å²) < 4.78 is 2.07. The van der Waals surface area contributed by atoms with Crippen molar-refractivity contribution in [3.63, 3.8) is 0 Å². The SMILES string of the molecule is Clc1cccn2c(C3CCCN3)ncc12. The summed E-state index contributed by atoms with van der Waals surface area (Å²) in [6.45, 7) is 1.08. The van der Waals surface area contributed by atoms with Gasteiger partial charge in [0.1, 0.15) is 5.82 Å². The second-order valence-corrected chi connectivity index (χ2v) is 4.28. The van der Waals surface area contributed by atoms with E-state index in [0.717, 1.165) is 29.3 Å². The Morgan fingerprint density at radius 3 is 3.27 bits per heavy atom. The van der Waals surface area contributed by atoms with Gasteiger partial charge in [-0.2, -0.15) is 0 Å². The molecule has 2 aromatic heterocycles. The summed E-state index contributed by atoms with van der Waals surface area (Å²) in [7, 11) is 0. The Labute approximate surface area is 93.1 Å². The molecule has 0 amide bonds. The molecule has 0 radical (unpaired) electrons. The molecule has 1 aliphatic heterocycles. The van der Waals surface area contributed by atoms with E-state index in [1.165, 1.54) is 6.42 Å². The number of halogens is 1. The first-order valence-corrected chi connectivity index (χ1v) is 5.59. The molecule has 1 N–H and O–H groups in total. The van der Waals surface area contributed by atoms with E-state index in [2.05, 4.69) is 14.7 Å². The smallest absolute Gasteiger partial charge is 0.130 e. The van der Waals surface area contributed by atoms with Gasteiger partial charge in [0, 0.05) is 6.20 Å². The van der Waals surface area contributed by atoms with E-state index in [9.17, 15) is 0 Å². The summed E-state index contributed by atoms with van der Waals surface area (Å²) in [5.41, 5.74) is 0.989. The molecule has 15 heavy (non-hydrogen) atoms. The van der Waals surface area contributed by atoms with E-state index in [1.807, 2.05) is 24.5 Å². The highest BCUT2D eigenvalue weighted by molar-refractivity contribution is 6.33. The molecule has 2 aromatic rings.